The lowest BCUT2D eigenvalue weighted by atomic mass is 9.95. The Balaban J connectivity index is 1.85. The normalized spacial score (nSPS) is 22.6. The van der Waals surface area contributed by atoms with E-state index < -0.39 is 12.3 Å². The molecule has 3 rings (SSSR count). The molecule has 1 N–H and O–H groups in total. The van der Waals surface area contributed by atoms with Crippen LogP contribution >= 0.6 is 0 Å². The second-order valence-electron chi connectivity index (χ2n) is 6.09. The zero-order chi connectivity index (χ0) is 14.8. The summed E-state index contributed by atoms with van der Waals surface area (Å²) in [7, 11) is 0. The number of aliphatic hydroxyl groups excluding tert-OH is 1. The number of unbranched alkanes of at least 4 members (excludes halogenated alkanes) is 3. The molecule has 1 aliphatic rings. The molecule has 3 atom stereocenters. The van der Waals surface area contributed by atoms with Crippen molar-refractivity contribution in [3.63, 3.8) is 0 Å². The van der Waals surface area contributed by atoms with Gasteiger partial charge in [-0.05, 0) is 24.5 Å². The van der Waals surface area contributed by atoms with Crippen LogP contribution < -0.4 is 0 Å². The van der Waals surface area contributed by atoms with Crippen LogP contribution in [0.1, 0.15) is 68.6 Å². The summed E-state index contributed by atoms with van der Waals surface area (Å²) in [6.45, 7) is 2.18. The zero-order valence-corrected chi connectivity index (χ0v) is 12.5. The third-order valence-corrected chi connectivity index (χ3v) is 4.44. The zero-order valence-electron chi connectivity index (χ0n) is 12.5. The van der Waals surface area contributed by atoms with Crippen molar-refractivity contribution in [2.75, 3.05) is 0 Å². The molecular formula is C17H23FN2O. The predicted octanol–water partition coefficient (Wildman–Crippen LogP) is 4.16. The van der Waals surface area contributed by atoms with Crippen LogP contribution in [0.2, 0.25) is 0 Å². The number of hydrogen-bond donors (Lipinski definition) is 1. The Labute approximate surface area is 124 Å². The third kappa shape index (κ3) is 2.95. The Morgan fingerprint density at radius 2 is 2.24 bits per heavy atom. The van der Waals surface area contributed by atoms with Crippen molar-refractivity contribution in [2.24, 2.45) is 0 Å². The summed E-state index contributed by atoms with van der Waals surface area (Å²) < 4.78 is 15.4. The highest BCUT2D eigenvalue weighted by Crippen LogP contribution is 2.47. The lowest BCUT2D eigenvalue weighted by molar-refractivity contribution is 0.163. The van der Waals surface area contributed by atoms with Gasteiger partial charge in [0.2, 0.25) is 0 Å². The number of nitrogens with zero attached hydrogens (tertiary/aromatic N) is 2. The van der Waals surface area contributed by atoms with E-state index in [1.54, 1.807) is 12.5 Å². The number of halogens is 1. The molecule has 0 aliphatic heterocycles. The van der Waals surface area contributed by atoms with Crippen LogP contribution in [0.15, 0.2) is 24.8 Å². The first kappa shape index (κ1) is 14.5. The Morgan fingerprint density at radius 1 is 1.43 bits per heavy atom. The van der Waals surface area contributed by atoms with Crippen molar-refractivity contribution in [3.05, 3.63) is 35.9 Å². The van der Waals surface area contributed by atoms with Crippen molar-refractivity contribution in [1.29, 1.82) is 0 Å². The number of pyridine rings is 1. The first-order valence-corrected chi connectivity index (χ1v) is 7.99. The molecule has 2 heterocycles. The lowest BCUT2D eigenvalue weighted by Crippen LogP contribution is -2.05. The minimum absolute atomic E-state index is 0.0369. The molecule has 0 aromatic carbocycles. The van der Waals surface area contributed by atoms with E-state index in [0.29, 0.717) is 6.42 Å². The number of aromatic nitrogens is 2. The number of hydrogen-bond acceptors (Lipinski definition) is 2. The molecule has 3 nitrogen and oxygen atoms in total. The van der Waals surface area contributed by atoms with Crippen LogP contribution in [0, 0.1) is 0 Å². The molecule has 4 heteroatoms. The van der Waals surface area contributed by atoms with Crippen molar-refractivity contribution in [3.8, 4) is 0 Å². The summed E-state index contributed by atoms with van der Waals surface area (Å²) in [6, 6.07) is 1.95. The molecule has 21 heavy (non-hydrogen) atoms. The molecule has 2 aromatic heterocycles. The highest BCUT2D eigenvalue weighted by atomic mass is 19.1. The van der Waals surface area contributed by atoms with Crippen molar-refractivity contribution < 1.29 is 9.50 Å². The predicted molar refractivity (Wildman–Crippen MR) is 81.2 cm³/mol. The quantitative estimate of drug-likeness (QED) is 0.777. The smallest absolute Gasteiger partial charge is 0.108 e. The van der Waals surface area contributed by atoms with Gasteiger partial charge in [0.15, 0.2) is 0 Å². The fraction of sp³-hybridized carbons (Fsp3) is 0.588. The fourth-order valence-corrected chi connectivity index (χ4v) is 3.11. The number of imidazole rings is 1. The number of fused-ring (bicyclic) bond motifs is 1. The Morgan fingerprint density at radius 3 is 2.95 bits per heavy atom. The minimum Gasteiger partial charge on any atom is -0.388 e. The van der Waals surface area contributed by atoms with Crippen LogP contribution in [0.25, 0.3) is 5.52 Å². The van der Waals surface area contributed by atoms with Gasteiger partial charge in [-0.25, -0.2) is 9.37 Å². The summed E-state index contributed by atoms with van der Waals surface area (Å²) in [5.41, 5.74) is 2.77. The van der Waals surface area contributed by atoms with Gasteiger partial charge in [-0.3, -0.25) is 0 Å². The van der Waals surface area contributed by atoms with Gasteiger partial charge in [0.05, 0.1) is 24.1 Å². The highest BCUT2D eigenvalue weighted by molar-refractivity contribution is 5.59. The molecule has 0 amide bonds. The molecule has 0 radical (unpaired) electrons. The van der Waals surface area contributed by atoms with Crippen LogP contribution in [0.4, 0.5) is 4.39 Å². The summed E-state index contributed by atoms with van der Waals surface area (Å²) in [5.74, 6) is -0.0369. The van der Waals surface area contributed by atoms with E-state index in [0.717, 1.165) is 35.9 Å². The summed E-state index contributed by atoms with van der Waals surface area (Å²) in [5, 5.41) is 10.6. The molecule has 1 aliphatic carbocycles. The van der Waals surface area contributed by atoms with Crippen LogP contribution in [0.3, 0.4) is 0 Å². The third-order valence-electron chi connectivity index (χ3n) is 4.44. The number of alkyl halides is 1. The van der Waals surface area contributed by atoms with Gasteiger partial charge in [0.25, 0.3) is 0 Å². The first-order chi connectivity index (χ1) is 10.2. The molecular weight excluding hydrogens is 267 g/mol. The summed E-state index contributed by atoms with van der Waals surface area (Å²) >= 11 is 0. The Kier molecular flexibility index (Phi) is 4.24. The van der Waals surface area contributed by atoms with Crippen LogP contribution in [0.5, 0.6) is 0 Å². The van der Waals surface area contributed by atoms with Gasteiger partial charge in [-0.2, -0.15) is 0 Å². The second kappa shape index (κ2) is 6.14. The fourth-order valence-electron chi connectivity index (χ4n) is 3.11. The van der Waals surface area contributed by atoms with E-state index in [4.69, 9.17) is 0 Å². The maximum atomic E-state index is 13.5. The molecule has 114 valence electrons. The molecule has 2 aromatic rings. The van der Waals surface area contributed by atoms with Crippen molar-refractivity contribution in [1.82, 2.24) is 9.38 Å². The van der Waals surface area contributed by atoms with E-state index in [1.165, 1.54) is 12.8 Å². The van der Waals surface area contributed by atoms with Gasteiger partial charge < -0.3 is 9.51 Å². The van der Waals surface area contributed by atoms with Gasteiger partial charge in [0, 0.05) is 17.7 Å². The number of aliphatic hydroxyl groups is 1. The van der Waals surface area contributed by atoms with Gasteiger partial charge in [-0.1, -0.05) is 32.6 Å². The second-order valence-corrected chi connectivity index (χ2v) is 6.09. The topological polar surface area (TPSA) is 37.5 Å². The minimum atomic E-state index is -0.749. The van der Waals surface area contributed by atoms with Gasteiger partial charge in [0.1, 0.15) is 6.17 Å². The Bertz CT molecular complexity index is 610. The maximum Gasteiger partial charge on any atom is 0.108 e. The van der Waals surface area contributed by atoms with Gasteiger partial charge in [-0.15, -0.1) is 0 Å². The highest BCUT2D eigenvalue weighted by Gasteiger charge is 2.41. The first-order valence-electron chi connectivity index (χ1n) is 7.99. The summed E-state index contributed by atoms with van der Waals surface area (Å²) in [6.07, 6.45) is 9.99. The molecule has 0 spiro atoms. The van der Waals surface area contributed by atoms with E-state index in [9.17, 15) is 9.50 Å². The molecule has 1 saturated carbocycles. The maximum absolute atomic E-state index is 13.5. The van der Waals surface area contributed by atoms with Crippen LogP contribution in [-0.4, -0.2) is 20.7 Å². The number of rotatable bonds is 7. The van der Waals surface area contributed by atoms with E-state index in [1.807, 2.05) is 16.7 Å². The standard InChI is InChI=1S/C17H23FN2O/c1-2-3-4-5-6-16(21)17-12(13-9-14(13)18)7-8-20-11-19-10-15(17)20/h7-8,10-11,13-14,16,21H,2-6,9H2,1H3/t13-,14-,16?/m0/s1. The van der Waals surface area contributed by atoms with Crippen LogP contribution in [-0.2, 0) is 0 Å². The largest absolute Gasteiger partial charge is 0.388 e. The monoisotopic (exact) mass is 290 g/mol. The van der Waals surface area contributed by atoms with E-state index in [2.05, 4.69) is 11.9 Å². The molecule has 1 fully saturated rings. The molecule has 1 unspecified atom stereocenters. The van der Waals surface area contributed by atoms with E-state index in [-0.39, 0.29) is 5.92 Å². The van der Waals surface area contributed by atoms with Crippen molar-refractivity contribution in [2.45, 2.75) is 63.6 Å². The lowest BCUT2D eigenvalue weighted by Gasteiger charge is -2.17. The SMILES string of the molecule is CCCCCCC(O)c1c([C@@H]2C[C@@H]2F)ccn2cncc12. The molecule has 0 bridgehead atoms. The average molecular weight is 290 g/mol. The molecule has 0 saturated heterocycles. The van der Waals surface area contributed by atoms with Gasteiger partial charge >= 0.3 is 0 Å². The summed E-state index contributed by atoms with van der Waals surface area (Å²) in [4.78, 5) is 4.15. The van der Waals surface area contributed by atoms with Crippen molar-refractivity contribution >= 4 is 5.52 Å². The average Bonchev–Trinajstić information content (AvgIpc) is 3.01. The van der Waals surface area contributed by atoms with E-state index >= 15 is 0 Å². The Hall–Kier alpha value is -1.42.